The smallest absolute Gasteiger partial charge is 0.269 e. The Balaban J connectivity index is 3.05. The van der Waals surface area contributed by atoms with E-state index in [1.807, 2.05) is 0 Å². The molecular formula is C9H8NO4-. The first kappa shape index (κ1) is 10.2. The van der Waals surface area contributed by atoms with Crippen molar-refractivity contribution >= 4 is 11.7 Å². The fraction of sp³-hybridized carbons (Fsp3) is 0.222. The second-order valence-electron chi connectivity index (χ2n) is 2.89. The van der Waals surface area contributed by atoms with Crippen LogP contribution in [-0.2, 0) is 4.79 Å². The van der Waals surface area contributed by atoms with Crippen molar-refractivity contribution in [2.24, 2.45) is 0 Å². The Hall–Kier alpha value is -1.91. The van der Waals surface area contributed by atoms with Crippen LogP contribution in [0.5, 0.6) is 0 Å². The Morgan fingerprint density at radius 2 is 2.14 bits per heavy atom. The van der Waals surface area contributed by atoms with Gasteiger partial charge in [-0.25, -0.2) is 0 Å². The minimum Gasteiger partial charge on any atom is -0.550 e. The second kappa shape index (κ2) is 3.87. The van der Waals surface area contributed by atoms with E-state index >= 15 is 0 Å². The van der Waals surface area contributed by atoms with Crippen LogP contribution in [0.1, 0.15) is 18.4 Å². The van der Waals surface area contributed by atoms with E-state index < -0.39 is 16.8 Å². The number of non-ortho nitro benzene ring substituents is 1. The van der Waals surface area contributed by atoms with Gasteiger partial charge in [0, 0.05) is 24.0 Å². The highest BCUT2D eigenvalue weighted by Crippen LogP contribution is 2.19. The predicted molar refractivity (Wildman–Crippen MR) is 46.5 cm³/mol. The van der Waals surface area contributed by atoms with Crippen molar-refractivity contribution in [3.05, 3.63) is 39.9 Å². The van der Waals surface area contributed by atoms with Crippen molar-refractivity contribution in [1.82, 2.24) is 0 Å². The van der Waals surface area contributed by atoms with Gasteiger partial charge >= 0.3 is 0 Å². The third kappa shape index (κ3) is 2.07. The number of carbonyl (C=O) groups excluding carboxylic acids is 1. The molecule has 1 atom stereocenters. The lowest BCUT2D eigenvalue weighted by Crippen LogP contribution is -2.27. The molecule has 74 valence electrons. The van der Waals surface area contributed by atoms with E-state index in [4.69, 9.17) is 0 Å². The molecule has 0 saturated heterocycles. The lowest BCUT2D eigenvalue weighted by atomic mass is 10.0. The van der Waals surface area contributed by atoms with Crippen molar-refractivity contribution < 1.29 is 14.8 Å². The number of carbonyl (C=O) groups is 1. The molecule has 0 radical (unpaired) electrons. The van der Waals surface area contributed by atoms with Gasteiger partial charge in [0.05, 0.1) is 4.92 Å². The molecule has 0 heterocycles. The first-order chi connectivity index (χ1) is 6.52. The van der Waals surface area contributed by atoms with E-state index in [9.17, 15) is 20.0 Å². The molecule has 0 aliphatic heterocycles. The quantitative estimate of drug-likeness (QED) is 0.516. The standard InChI is InChI=1S/C9H9NO4/c1-6(9(11)12)7-3-2-4-8(5-7)10(13)14/h2-6H,1H3,(H,11,12)/p-1. The minimum atomic E-state index is -1.24. The first-order valence-electron chi connectivity index (χ1n) is 3.97. The molecule has 0 amide bonds. The summed E-state index contributed by atoms with van der Waals surface area (Å²) in [4.78, 5) is 20.3. The zero-order valence-corrected chi connectivity index (χ0v) is 7.47. The maximum absolute atomic E-state index is 10.5. The summed E-state index contributed by atoms with van der Waals surface area (Å²) in [5, 5.41) is 20.9. The number of hydrogen-bond acceptors (Lipinski definition) is 4. The molecule has 5 heteroatoms. The third-order valence-corrected chi connectivity index (χ3v) is 1.93. The molecular weight excluding hydrogens is 186 g/mol. The van der Waals surface area contributed by atoms with E-state index in [-0.39, 0.29) is 5.69 Å². The van der Waals surface area contributed by atoms with Crippen LogP contribution in [0, 0.1) is 10.1 Å². The Labute approximate surface area is 80.1 Å². The van der Waals surface area contributed by atoms with E-state index in [1.54, 1.807) is 0 Å². The summed E-state index contributed by atoms with van der Waals surface area (Å²) in [6.07, 6.45) is 0. The average Bonchev–Trinajstić information content (AvgIpc) is 2.16. The number of carboxylic acid groups (broad SMARTS) is 1. The number of nitro benzene ring substituents is 1. The first-order valence-corrected chi connectivity index (χ1v) is 3.97. The lowest BCUT2D eigenvalue weighted by molar-refractivity contribution is -0.384. The summed E-state index contributed by atoms with van der Waals surface area (Å²) in [5.74, 6) is -2.08. The number of nitro groups is 1. The SMILES string of the molecule is CC(C(=O)[O-])c1cccc([N+](=O)[O-])c1. The molecule has 5 nitrogen and oxygen atoms in total. The zero-order chi connectivity index (χ0) is 10.7. The van der Waals surface area contributed by atoms with Crippen LogP contribution in [0.15, 0.2) is 24.3 Å². The van der Waals surface area contributed by atoms with Gasteiger partial charge < -0.3 is 9.90 Å². The summed E-state index contributed by atoms with van der Waals surface area (Å²) in [5.41, 5.74) is 0.259. The van der Waals surface area contributed by atoms with Gasteiger partial charge in [-0.05, 0) is 5.56 Å². The summed E-state index contributed by atoms with van der Waals surface area (Å²) >= 11 is 0. The molecule has 0 N–H and O–H groups in total. The van der Waals surface area contributed by atoms with Gasteiger partial charge in [-0.1, -0.05) is 19.1 Å². The van der Waals surface area contributed by atoms with Crippen molar-refractivity contribution in [2.45, 2.75) is 12.8 Å². The number of rotatable bonds is 3. The fourth-order valence-corrected chi connectivity index (χ4v) is 1.04. The van der Waals surface area contributed by atoms with Crippen LogP contribution in [0.4, 0.5) is 5.69 Å². The largest absolute Gasteiger partial charge is 0.550 e. The lowest BCUT2D eigenvalue weighted by Gasteiger charge is -2.11. The third-order valence-electron chi connectivity index (χ3n) is 1.93. The van der Waals surface area contributed by atoms with E-state index in [1.165, 1.54) is 31.2 Å². The number of aliphatic carboxylic acids is 1. The van der Waals surface area contributed by atoms with Crippen molar-refractivity contribution in [3.8, 4) is 0 Å². The molecule has 14 heavy (non-hydrogen) atoms. The molecule has 1 unspecified atom stereocenters. The van der Waals surface area contributed by atoms with Crippen LogP contribution in [0.25, 0.3) is 0 Å². The van der Waals surface area contributed by atoms with Crippen LogP contribution >= 0.6 is 0 Å². The fourth-order valence-electron chi connectivity index (χ4n) is 1.04. The van der Waals surface area contributed by atoms with E-state index in [2.05, 4.69) is 0 Å². The van der Waals surface area contributed by atoms with Gasteiger partial charge in [-0.15, -0.1) is 0 Å². The molecule has 1 rings (SSSR count). The molecule has 1 aromatic rings. The van der Waals surface area contributed by atoms with Gasteiger partial charge in [-0.2, -0.15) is 0 Å². The van der Waals surface area contributed by atoms with Crippen molar-refractivity contribution in [2.75, 3.05) is 0 Å². The normalized spacial score (nSPS) is 12.1. The van der Waals surface area contributed by atoms with Gasteiger partial charge in [0.2, 0.25) is 0 Å². The average molecular weight is 194 g/mol. The summed E-state index contributed by atoms with van der Waals surface area (Å²) in [7, 11) is 0. The number of nitrogens with zero attached hydrogens (tertiary/aromatic N) is 1. The van der Waals surface area contributed by atoms with Crippen molar-refractivity contribution in [1.29, 1.82) is 0 Å². The van der Waals surface area contributed by atoms with E-state index in [0.717, 1.165) is 0 Å². The Morgan fingerprint density at radius 1 is 1.50 bits per heavy atom. The maximum atomic E-state index is 10.5. The maximum Gasteiger partial charge on any atom is 0.269 e. The molecule has 0 aliphatic carbocycles. The monoisotopic (exact) mass is 194 g/mol. The van der Waals surface area contributed by atoms with Crippen LogP contribution < -0.4 is 5.11 Å². The molecule has 0 fully saturated rings. The number of benzene rings is 1. The molecule has 1 aromatic carbocycles. The predicted octanol–water partition coefficient (Wildman–Crippen LogP) is 0.448. The molecule has 0 aliphatic rings. The molecule has 0 spiro atoms. The Morgan fingerprint density at radius 3 is 2.64 bits per heavy atom. The number of carboxylic acids is 1. The van der Waals surface area contributed by atoms with Gasteiger partial charge in [0.15, 0.2) is 0 Å². The highest BCUT2D eigenvalue weighted by atomic mass is 16.6. The Kier molecular flexibility index (Phi) is 2.81. The van der Waals surface area contributed by atoms with Crippen molar-refractivity contribution in [3.63, 3.8) is 0 Å². The highest BCUT2D eigenvalue weighted by molar-refractivity contribution is 5.73. The van der Waals surface area contributed by atoms with E-state index in [0.29, 0.717) is 5.56 Å². The van der Waals surface area contributed by atoms with Crippen LogP contribution in [0.3, 0.4) is 0 Å². The van der Waals surface area contributed by atoms with Crippen LogP contribution in [0.2, 0.25) is 0 Å². The highest BCUT2D eigenvalue weighted by Gasteiger charge is 2.11. The van der Waals surface area contributed by atoms with Gasteiger partial charge in [0.25, 0.3) is 5.69 Å². The van der Waals surface area contributed by atoms with Gasteiger partial charge in [-0.3, -0.25) is 10.1 Å². The second-order valence-corrected chi connectivity index (χ2v) is 2.89. The summed E-state index contributed by atoms with van der Waals surface area (Å²) in [6, 6.07) is 5.52. The minimum absolute atomic E-state index is 0.115. The molecule has 0 saturated carbocycles. The molecule has 0 aromatic heterocycles. The zero-order valence-electron chi connectivity index (χ0n) is 7.47. The topological polar surface area (TPSA) is 83.3 Å². The van der Waals surface area contributed by atoms with Gasteiger partial charge in [0.1, 0.15) is 0 Å². The summed E-state index contributed by atoms with van der Waals surface area (Å²) in [6.45, 7) is 1.42. The molecule has 0 bridgehead atoms. The van der Waals surface area contributed by atoms with Crippen LogP contribution in [-0.4, -0.2) is 10.9 Å². The summed E-state index contributed by atoms with van der Waals surface area (Å²) < 4.78 is 0. The Bertz CT molecular complexity index is 375. The number of hydrogen-bond donors (Lipinski definition) is 0.